The fraction of sp³-hybridized carbons (Fsp3) is 0.0769. The Balaban J connectivity index is 2.20. The minimum absolute atomic E-state index is 0.0632. The lowest BCUT2D eigenvalue weighted by atomic mass is 10.2. The lowest BCUT2D eigenvalue weighted by molar-refractivity contribution is 0.0696. The molecule has 2 rings (SSSR count). The van der Waals surface area contributed by atoms with E-state index in [4.69, 9.17) is 16.7 Å². The van der Waals surface area contributed by atoms with Crippen molar-refractivity contribution in [3.8, 4) is 0 Å². The summed E-state index contributed by atoms with van der Waals surface area (Å²) in [6, 6.07) is 9.15. The summed E-state index contributed by atoms with van der Waals surface area (Å²) in [6.07, 6.45) is 3.28. The van der Waals surface area contributed by atoms with Crippen molar-refractivity contribution >= 4 is 40.8 Å². The lowest BCUT2D eigenvalue weighted by Crippen LogP contribution is -2.00. The number of carboxylic acids is 1. The normalized spacial score (nSPS) is 10.2. The summed E-state index contributed by atoms with van der Waals surface area (Å²) in [5.74, 6) is -0.617. The smallest absolute Gasteiger partial charge is 0.337 e. The monoisotopic (exact) mass is 294 g/mol. The standard InChI is InChI=1S/C13H11ClN2O2S/c1-19-10-4-2-9(3-5-10)16-12-11(14)6-8(7-15-12)13(17)18/h2-7H,1H3,(H,15,16)(H,17,18). The fourth-order valence-corrected chi connectivity index (χ4v) is 2.08. The van der Waals surface area contributed by atoms with Crippen LogP contribution in [0.3, 0.4) is 0 Å². The zero-order valence-corrected chi connectivity index (χ0v) is 11.6. The van der Waals surface area contributed by atoms with Gasteiger partial charge >= 0.3 is 5.97 Å². The maximum atomic E-state index is 10.8. The van der Waals surface area contributed by atoms with Gasteiger partial charge in [0.25, 0.3) is 0 Å². The summed E-state index contributed by atoms with van der Waals surface area (Å²) in [6.45, 7) is 0. The van der Waals surface area contributed by atoms with Crippen LogP contribution in [-0.4, -0.2) is 22.3 Å². The van der Waals surface area contributed by atoms with Crippen LogP contribution in [0.4, 0.5) is 11.5 Å². The molecular formula is C13H11ClN2O2S. The number of pyridine rings is 1. The van der Waals surface area contributed by atoms with Crippen molar-refractivity contribution in [1.82, 2.24) is 4.98 Å². The Labute approximate surface area is 119 Å². The van der Waals surface area contributed by atoms with Crippen molar-refractivity contribution in [3.63, 3.8) is 0 Å². The largest absolute Gasteiger partial charge is 0.478 e. The second-order valence-corrected chi connectivity index (χ2v) is 5.00. The van der Waals surface area contributed by atoms with E-state index in [0.29, 0.717) is 5.82 Å². The van der Waals surface area contributed by atoms with Crippen LogP contribution in [0.25, 0.3) is 0 Å². The molecule has 1 aromatic heterocycles. The van der Waals surface area contributed by atoms with E-state index in [1.807, 2.05) is 30.5 Å². The summed E-state index contributed by atoms with van der Waals surface area (Å²) in [7, 11) is 0. The van der Waals surface area contributed by atoms with Crippen LogP contribution in [0.1, 0.15) is 10.4 Å². The molecule has 19 heavy (non-hydrogen) atoms. The summed E-state index contributed by atoms with van der Waals surface area (Å²) in [5, 5.41) is 12.1. The van der Waals surface area contributed by atoms with Crippen molar-refractivity contribution in [1.29, 1.82) is 0 Å². The average molecular weight is 295 g/mol. The van der Waals surface area contributed by atoms with E-state index in [1.54, 1.807) is 11.8 Å². The number of benzene rings is 1. The van der Waals surface area contributed by atoms with Crippen LogP contribution in [-0.2, 0) is 0 Å². The van der Waals surface area contributed by atoms with Gasteiger partial charge in [0, 0.05) is 16.8 Å². The molecular weight excluding hydrogens is 284 g/mol. The number of halogens is 1. The lowest BCUT2D eigenvalue weighted by Gasteiger charge is -2.08. The molecule has 0 amide bonds. The summed E-state index contributed by atoms with van der Waals surface area (Å²) < 4.78 is 0. The van der Waals surface area contributed by atoms with Gasteiger partial charge in [-0.3, -0.25) is 0 Å². The van der Waals surface area contributed by atoms with Crippen molar-refractivity contribution in [2.45, 2.75) is 4.90 Å². The number of hydrogen-bond acceptors (Lipinski definition) is 4. The van der Waals surface area contributed by atoms with Gasteiger partial charge in [-0.15, -0.1) is 11.8 Å². The number of aromatic nitrogens is 1. The highest BCUT2D eigenvalue weighted by Gasteiger charge is 2.08. The first-order valence-corrected chi connectivity index (χ1v) is 7.00. The second kappa shape index (κ2) is 5.95. The van der Waals surface area contributed by atoms with Crippen molar-refractivity contribution in [2.75, 3.05) is 11.6 Å². The molecule has 98 valence electrons. The molecule has 0 fully saturated rings. The van der Waals surface area contributed by atoms with Crippen LogP contribution in [0.5, 0.6) is 0 Å². The topological polar surface area (TPSA) is 62.2 Å². The molecule has 0 saturated carbocycles. The Morgan fingerprint density at radius 2 is 2.05 bits per heavy atom. The third-order valence-electron chi connectivity index (χ3n) is 2.44. The van der Waals surface area contributed by atoms with Crippen LogP contribution in [0.2, 0.25) is 5.02 Å². The van der Waals surface area contributed by atoms with Gasteiger partial charge in [-0.05, 0) is 36.6 Å². The molecule has 0 bridgehead atoms. The number of carboxylic acid groups (broad SMARTS) is 1. The second-order valence-electron chi connectivity index (χ2n) is 3.71. The van der Waals surface area contributed by atoms with Crippen molar-refractivity contribution < 1.29 is 9.90 Å². The summed E-state index contributed by atoms with van der Waals surface area (Å²) in [5.41, 5.74) is 0.906. The number of thioether (sulfide) groups is 1. The van der Waals surface area contributed by atoms with E-state index in [0.717, 1.165) is 10.6 Å². The van der Waals surface area contributed by atoms with Crippen LogP contribution in [0, 0.1) is 0 Å². The SMILES string of the molecule is CSc1ccc(Nc2ncc(C(=O)O)cc2Cl)cc1. The molecule has 0 radical (unpaired) electrons. The minimum Gasteiger partial charge on any atom is -0.478 e. The van der Waals surface area contributed by atoms with Gasteiger partial charge in [0.2, 0.25) is 0 Å². The van der Waals surface area contributed by atoms with Gasteiger partial charge in [-0.2, -0.15) is 0 Å². The first kappa shape index (κ1) is 13.7. The molecule has 2 N–H and O–H groups in total. The van der Waals surface area contributed by atoms with Gasteiger partial charge in [-0.25, -0.2) is 9.78 Å². The predicted octanol–water partition coefficient (Wildman–Crippen LogP) is 3.90. The molecule has 2 aromatic rings. The number of rotatable bonds is 4. The number of carbonyl (C=O) groups is 1. The van der Waals surface area contributed by atoms with E-state index in [2.05, 4.69) is 10.3 Å². The average Bonchev–Trinajstić information content (AvgIpc) is 2.41. The zero-order valence-electron chi connectivity index (χ0n) is 10.1. The van der Waals surface area contributed by atoms with Crippen molar-refractivity contribution in [3.05, 3.63) is 47.1 Å². The number of nitrogens with zero attached hydrogens (tertiary/aromatic N) is 1. The number of hydrogen-bond donors (Lipinski definition) is 2. The minimum atomic E-state index is -1.05. The van der Waals surface area contributed by atoms with Crippen LogP contribution < -0.4 is 5.32 Å². The highest BCUT2D eigenvalue weighted by molar-refractivity contribution is 7.98. The van der Waals surface area contributed by atoms with Gasteiger partial charge < -0.3 is 10.4 Å². The van der Waals surface area contributed by atoms with Gasteiger partial charge in [0.1, 0.15) is 5.82 Å². The summed E-state index contributed by atoms with van der Waals surface area (Å²) in [4.78, 5) is 15.9. The first-order valence-electron chi connectivity index (χ1n) is 5.40. The number of anilines is 2. The Kier molecular flexibility index (Phi) is 4.29. The van der Waals surface area contributed by atoms with Crippen LogP contribution >= 0.6 is 23.4 Å². The number of aromatic carboxylic acids is 1. The maximum absolute atomic E-state index is 10.8. The van der Waals surface area contributed by atoms with E-state index in [1.165, 1.54) is 12.3 Å². The highest BCUT2D eigenvalue weighted by Crippen LogP contribution is 2.25. The van der Waals surface area contributed by atoms with Crippen LogP contribution in [0.15, 0.2) is 41.4 Å². The molecule has 1 heterocycles. The first-order chi connectivity index (χ1) is 9.10. The Morgan fingerprint density at radius 1 is 1.37 bits per heavy atom. The van der Waals surface area contributed by atoms with E-state index >= 15 is 0 Å². The molecule has 1 aromatic carbocycles. The molecule has 0 aliphatic rings. The molecule has 0 unspecified atom stereocenters. The molecule has 0 aliphatic heterocycles. The van der Waals surface area contributed by atoms with E-state index in [9.17, 15) is 4.79 Å². The third-order valence-corrected chi connectivity index (χ3v) is 3.47. The molecule has 0 spiro atoms. The summed E-state index contributed by atoms with van der Waals surface area (Å²) >= 11 is 7.65. The Bertz CT molecular complexity index is 602. The van der Waals surface area contributed by atoms with Gasteiger partial charge in [-0.1, -0.05) is 11.6 Å². The zero-order chi connectivity index (χ0) is 13.8. The molecule has 0 aliphatic carbocycles. The Morgan fingerprint density at radius 3 is 2.58 bits per heavy atom. The quantitative estimate of drug-likeness (QED) is 0.837. The van der Waals surface area contributed by atoms with Crippen molar-refractivity contribution in [2.24, 2.45) is 0 Å². The van der Waals surface area contributed by atoms with Gasteiger partial charge in [0.05, 0.1) is 10.6 Å². The predicted molar refractivity (Wildman–Crippen MR) is 77.7 cm³/mol. The highest BCUT2D eigenvalue weighted by atomic mass is 35.5. The molecule has 4 nitrogen and oxygen atoms in total. The Hall–Kier alpha value is -1.72. The third kappa shape index (κ3) is 3.39. The molecule has 0 saturated heterocycles. The molecule has 6 heteroatoms. The van der Waals surface area contributed by atoms with Gasteiger partial charge in [0.15, 0.2) is 0 Å². The fourth-order valence-electron chi connectivity index (χ4n) is 1.46. The van der Waals surface area contributed by atoms with E-state index in [-0.39, 0.29) is 10.6 Å². The van der Waals surface area contributed by atoms with E-state index < -0.39 is 5.97 Å². The maximum Gasteiger partial charge on any atom is 0.337 e. The molecule has 0 atom stereocenters. The number of nitrogens with one attached hydrogen (secondary N) is 1.